The fraction of sp³-hybridized carbons (Fsp3) is 0.519. The number of nitrogens with one attached hydrogen (secondary N) is 1. The topological polar surface area (TPSA) is 67.2 Å². The zero-order valence-corrected chi connectivity index (χ0v) is 24.5. The zero-order valence-electron chi connectivity index (χ0n) is 22.2. The lowest BCUT2D eigenvalue weighted by Gasteiger charge is -2.23. The summed E-state index contributed by atoms with van der Waals surface area (Å²) in [5.41, 5.74) is 4.83. The Morgan fingerprint density at radius 2 is 1.81 bits per heavy atom. The van der Waals surface area contributed by atoms with Gasteiger partial charge < -0.3 is 5.32 Å². The van der Waals surface area contributed by atoms with E-state index in [0.29, 0.717) is 17.4 Å². The maximum absolute atomic E-state index is 13.6. The third kappa shape index (κ3) is 6.36. The third-order valence-corrected chi connectivity index (χ3v) is 9.61. The van der Waals surface area contributed by atoms with Crippen LogP contribution in [0, 0.1) is 13.8 Å². The molecule has 1 saturated carbocycles. The molecule has 1 fully saturated rings. The summed E-state index contributed by atoms with van der Waals surface area (Å²) >= 11 is 13.1. The van der Waals surface area contributed by atoms with Gasteiger partial charge in [-0.2, -0.15) is 5.10 Å². The first-order valence-corrected chi connectivity index (χ1v) is 14.8. The van der Waals surface area contributed by atoms with E-state index in [1.165, 1.54) is 49.0 Å². The summed E-state index contributed by atoms with van der Waals surface area (Å²) in [5, 5.41) is 8.22. The van der Waals surface area contributed by atoms with Crippen LogP contribution < -0.4 is 9.62 Å². The highest BCUT2D eigenvalue weighted by Crippen LogP contribution is 2.37. The van der Waals surface area contributed by atoms with E-state index in [0.717, 1.165) is 29.8 Å². The molecule has 6 nitrogen and oxygen atoms in total. The second-order valence-corrected chi connectivity index (χ2v) is 12.3. The van der Waals surface area contributed by atoms with Crippen LogP contribution in [0.2, 0.25) is 10.0 Å². The summed E-state index contributed by atoms with van der Waals surface area (Å²) in [7, 11) is -0.726. The van der Waals surface area contributed by atoms with E-state index in [9.17, 15) is 8.42 Å². The molecule has 36 heavy (non-hydrogen) atoms. The van der Waals surface area contributed by atoms with Gasteiger partial charge in [0.15, 0.2) is 0 Å². The molecule has 1 N–H and O–H groups in total. The number of aromatic nitrogens is 2. The number of hydrogen-bond donors (Lipinski definition) is 1. The summed E-state index contributed by atoms with van der Waals surface area (Å²) < 4.78 is 30.0. The van der Waals surface area contributed by atoms with Gasteiger partial charge in [-0.05, 0) is 68.9 Å². The Balaban J connectivity index is 1.89. The number of halogens is 2. The van der Waals surface area contributed by atoms with E-state index in [1.54, 1.807) is 30.8 Å². The van der Waals surface area contributed by atoms with Gasteiger partial charge in [-0.1, -0.05) is 61.5 Å². The Kier molecular flexibility index (Phi) is 9.72. The minimum absolute atomic E-state index is 0.0950. The molecule has 1 heterocycles. The van der Waals surface area contributed by atoms with Crippen molar-refractivity contribution < 1.29 is 8.42 Å². The normalized spacial score (nSPS) is 16.0. The lowest BCUT2D eigenvalue weighted by Crippen LogP contribution is -2.32. The Labute approximate surface area is 226 Å². The van der Waals surface area contributed by atoms with Crippen molar-refractivity contribution in [2.24, 2.45) is 7.05 Å². The maximum atomic E-state index is 13.6. The molecule has 0 radical (unpaired) electrons. The molecule has 9 heteroatoms. The van der Waals surface area contributed by atoms with Crippen molar-refractivity contribution in [3.05, 3.63) is 56.9 Å². The number of sulfonamides is 1. The highest BCUT2D eigenvalue weighted by Gasteiger charge is 2.30. The molecule has 2 aromatic rings. The first-order valence-electron chi connectivity index (χ1n) is 12.6. The monoisotopic (exact) mass is 552 g/mol. The third-order valence-electron chi connectivity index (χ3n) is 6.93. The van der Waals surface area contributed by atoms with Crippen LogP contribution in [-0.2, 0) is 17.1 Å². The van der Waals surface area contributed by atoms with Crippen LogP contribution in [-0.4, -0.2) is 37.8 Å². The lowest BCUT2D eigenvalue weighted by atomic mass is 9.95. The van der Waals surface area contributed by atoms with Gasteiger partial charge in [-0.15, -0.1) is 0 Å². The van der Waals surface area contributed by atoms with Crippen LogP contribution in [0.25, 0.3) is 5.57 Å². The van der Waals surface area contributed by atoms with E-state index in [-0.39, 0.29) is 14.9 Å². The zero-order chi connectivity index (χ0) is 26.6. The van der Waals surface area contributed by atoms with Crippen molar-refractivity contribution in [3.8, 4) is 0 Å². The molecule has 1 aromatic heterocycles. The van der Waals surface area contributed by atoms with E-state index in [1.807, 2.05) is 13.8 Å². The van der Waals surface area contributed by atoms with Crippen LogP contribution >= 0.6 is 23.2 Å². The molecule has 0 bridgehead atoms. The van der Waals surface area contributed by atoms with E-state index >= 15 is 0 Å². The molecule has 1 aliphatic carbocycles. The molecule has 0 saturated heterocycles. The molecule has 0 aliphatic heterocycles. The summed E-state index contributed by atoms with van der Waals surface area (Å²) in [4.78, 5) is -0.101. The van der Waals surface area contributed by atoms with Gasteiger partial charge in [0.05, 0.1) is 27.1 Å². The summed E-state index contributed by atoms with van der Waals surface area (Å²) in [6.45, 7) is 8.53. The molecule has 0 spiro atoms. The standard InChI is InChI=1S/C27H38Cl2N4O2S/c1-7-11-21(17-30-23-12-9-8-10-13-23)14-18(2)22-15-24(28)27(25(29)16-22)36(34,35)33(6)26-19(3)31-32(5)20(26)4/h11,14-16,23,30H,7-10,12-13,17H2,1-6H3/b18-14+,21-11+. The van der Waals surface area contributed by atoms with Gasteiger partial charge in [0.1, 0.15) is 4.90 Å². The summed E-state index contributed by atoms with van der Waals surface area (Å²) in [6, 6.07) is 3.94. The second kappa shape index (κ2) is 12.2. The van der Waals surface area contributed by atoms with E-state index < -0.39 is 10.0 Å². The Morgan fingerprint density at radius 3 is 2.33 bits per heavy atom. The van der Waals surface area contributed by atoms with Gasteiger partial charge >= 0.3 is 0 Å². The van der Waals surface area contributed by atoms with Crippen molar-refractivity contribution in [3.63, 3.8) is 0 Å². The molecule has 1 aliphatic rings. The van der Waals surface area contributed by atoms with Gasteiger partial charge in [-0.25, -0.2) is 8.42 Å². The van der Waals surface area contributed by atoms with Gasteiger partial charge in [-0.3, -0.25) is 8.99 Å². The minimum Gasteiger partial charge on any atom is -0.310 e. The number of rotatable bonds is 9. The second-order valence-electron chi connectivity index (χ2n) is 9.62. The summed E-state index contributed by atoms with van der Waals surface area (Å²) in [5.74, 6) is 0. The Hall–Kier alpha value is -1.80. The number of hydrogen-bond acceptors (Lipinski definition) is 4. The summed E-state index contributed by atoms with van der Waals surface area (Å²) in [6.07, 6.45) is 11.7. The molecule has 0 unspecified atom stereocenters. The quantitative estimate of drug-likeness (QED) is 0.346. The molecule has 0 amide bonds. The van der Waals surface area contributed by atoms with E-state index in [2.05, 4.69) is 29.5 Å². The Morgan fingerprint density at radius 1 is 1.19 bits per heavy atom. The fourth-order valence-corrected chi connectivity index (χ4v) is 7.35. The van der Waals surface area contributed by atoms with Gasteiger partial charge in [0, 0.05) is 26.7 Å². The van der Waals surface area contributed by atoms with Crippen LogP contribution in [0.4, 0.5) is 5.69 Å². The number of allylic oxidation sites excluding steroid dienone is 2. The molecular formula is C27H38Cl2N4O2S. The van der Waals surface area contributed by atoms with Crippen molar-refractivity contribution in [2.45, 2.75) is 77.2 Å². The van der Waals surface area contributed by atoms with Crippen molar-refractivity contribution in [1.82, 2.24) is 15.1 Å². The number of aryl methyl sites for hydroxylation is 2. The minimum atomic E-state index is -4.00. The van der Waals surface area contributed by atoms with Crippen LogP contribution in [0.15, 0.2) is 34.8 Å². The van der Waals surface area contributed by atoms with Gasteiger partial charge in [0.25, 0.3) is 10.0 Å². The predicted octanol–water partition coefficient (Wildman–Crippen LogP) is 6.83. The molecule has 1 aromatic carbocycles. The van der Waals surface area contributed by atoms with Crippen molar-refractivity contribution >= 4 is 44.5 Å². The van der Waals surface area contributed by atoms with Crippen LogP contribution in [0.5, 0.6) is 0 Å². The van der Waals surface area contributed by atoms with E-state index in [4.69, 9.17) is 23.2 Å². The highest BCUT2D eigenvalue weighted by atomic mass is 35.5. The average molecular weight is 554 g/mol. The van der Waals surface area contributed by atoms with Crippen molar-refractivity contribution in [2.75, 3.05) is 17.9 Å². The van der Waals surface area contributed by atoms with Gasteiger partial charge in [0.2, 0.25) is 0 Å². The van der Waals surface area contributed by atoms with Crippen LogP contribution in [0.3, 0.4) is 0 Å². The number of benzene rings is 1. The fourth-order valence-electron chi connectivity index (χ4n) is 4.88. The molecular weight excluding hydrogens is 515 g/mol. The SMILES string of the molecule is CC/C=C(\C=C(/C)c1cc(Cl)c(S(=O)(=O)N(C)c2c(C)nn(C)c2C)c(Cl)c1)CNC1CCCCC1. The number of anilines is 1. The molecule has 198 valence electrons. The molecule has 0 atom stereocenters. The number of nitrogens with zero attached hydrogens (tertiary/aromatic N) is 3. The average Bonchev–Trinajstić information content (AvgIpc) is 3.07. The smallest absolute Gasteiger partial charge is 0.267 e. The largest absolute Gasteiger partial charge is 0.310 e. The maximum Gasteiger partial charge on any atom is 0.267 e. The van der Waals surface area contributed by atoms with Crippen molar-refractivity contribution in [1.29, 1.82) is 0 Å². The first kappa shape index (κ1) is 28.8. The Bertz CT molecular complexity index is 1240. The lowest BCUT2D eigenvalue weighted by molar-refractivity contribution is 0.383. The highest BCUT2D eigenvalue weighted by molar-refractivity contribution is 7.93. The van der Waals surface area contributed by atoms with Crippen LogP contribution in [0.1, 0.15) is 69.3 Å². The predicted molar refractivity (Wildman–Crippen MR) is 152 cm³/mol. The molecule has 3 rings (SSSR count). The first-order chi connectivity index (χ1) is 17.0.